The van der Waals surface area contributed by atoms with Crippen LogP contribution in [0.5, 0.6) is 5.75 Å². The molecule has 1 atom stereocenters. The van der Waals surface area contributed by atoms with Crippen LogP contribution in [0.1, 0.15) is 43.9 Å². The maximum absolute atomic E-state index is 14.4. The molecule has 9 nitrogen and oxygen atoms in total. The number of imidazole rings is 1. The summed E-state index contributed by atoms with van der Waals surface area (Å²) in [4.78, 5) is 30.0. The molecule has 0 amide bonds. The molecule has 2 aliphatic heterocycles. The van der Waals surface area contributed by atoms with Gasteiger partial charge in [-0.1, -0.05) is 19.9 Å². The second-order valence-corrected chi connectivity index (χ2v) is 9.64. The smallest absolute Gasteiger partial charge is 0.417 e. The van der Waals surface area contributed by atoms with Gasteiger partial charge < -0.3 is 9.47 Å². The second kappa shape index (κ2) is 12.7. The van der Waals surface area contributed by atoms with E-state index < -0.39 is 35.4 Å². The summed E-state index contributed by atoms with van der Waals surface area (Å²) >= 11 is 0. The van der Waals surface area contributed by atoms with Crippen LogP contribution >= 0.6 is 0 Å². The van der Waals surface area contributed by atoms with Crippen molar-refractivity contribution >= 4 is 5.97 Å². The zero-order valence-electron chi connectivity index (χ0n) is 23.5. The molecule has 228 valence electrons. The Labute approximate surface area is 248 Å². The first-order valence-corrected chi connectivity index (χ1v) is 13.6. The molecule has 14 heteroatoms. The Hall–Kier alpha value is -5.01. The third-order valence-corrected chi connectivity index (χ3v) is 6.41. The number of hydrogen-bond acceptors (Lipinski definition) is 8. The maximum atomic E-state index is 14.4. The van der Waals surface area contributed by atoms with Gasteiger partial charge in [-0.15, -0.1) is 0 Å². The van der Waals surface area contributed by atoms with E-state index in [0.717, 1.165) is 12.1 Å². The Bertz CT molecular complexity index is 1740. The lowest BCUT2D eigenvalue weighted by molar-refractivity contribution is -0.146. The van der Waals surface area contributed by atoms with Crippen LogP contribution < -0.4 is 4.74 Å². The number of ether oxygens (including phenoxy) is 2. The SMILES string of the molecule is CCCOC(=O)C(c1cnc(-c2ccc(OCCC)cc2C(F)(F)F)nc1)n1cc2nc(-c3cccc(F)c3F)nc-2cn1. The highest BCUT2D eigenvalue weighted by atomic mass is 19.4. The quantitative estimate of drug-likeness (QED) is 0.130. The normalized spacial score (nSPS) is 12.3. The van der Waals surface area contributed by atoms with E-state index in [4.69, 9.17) is 9.47 Å². The van der Waals surface area contributed by atoms with Crippen LogP contribution in [0, 0.1) is 11.6 Å². The molecular formula is C30H25F5N6O3. The monoisotopic (exact) mass is 612 g/mol. The molecule has 0 saturated carbocycles. The summed E-state index contributed by atoms with van der Waals surface area (Å²) in [5, 5.41) is 4.25. The molecule has 3 aromatic rings. The fourth-order valence-electron chi connectivity index (χ4n) is 4.34. The number of carbonyl (C=O) groups excluding carboxylic acids is 1. The molecule has 0 radical (unpaired) electrons. The van der Waals surface area contributed by atoms with Gasteiger partial charge in [0.1, 0.15) is 17.1 Å². The predicted molar refractivity (Wildman–Crippen MR) is 147 cm³/mol. The largest absolute Gasteiger partial charge is 0.494 e. The average Bonchev–Trinajstić information content (AvgIpc) is 3.43. The van der Waals surface area contributed by atoms with Gasteiger partial charge in [-0.3, -0.25) is 4.68 Å². The minimum absolute atomic E-state index is 0.0649. The van der Waals surface area contributed by atoms with E-state index in [0.29, 0.717) is 12.8 Å². The summed E-state index contributed by atoms with van der Waals surface area (Å²) in [6.07, 6.45) is 1.52. The molecule has 5 rings (SSSR count). The van der Waals surface area contributed by atoms with Crippen LogP contribution in [-0.4, -0.2) is 48.9 Å². The summed E-state index contributed by atoms with van der Waals surface area (Å²) in [6.45, 7) is 4.00. The van der Waals surface area contributed by atoms with E-state index in [2.05, 4.69) is 25.0 Å². The number of alkyl halides is 3. The zero-order chi connectivity index (χ0) is 31.4. The molecule has 0 bridgehead atoms. The third kappa shape index (κ3) is 6.33. The Morgan fingerprint density at radius 1 is 0.909 bits per heavy atom. The van der Waals surface area contributed by atoms with Gasteiger partial charge >= 0.3 is 12.1 Å². The zero-order valence-corrected chi connectivity index (χ0v) is 23.5. The van der Waals surface area contributed by atoms with Crippen LogP contribution in [0.15, 0.2) is 61.2 Å². The van der Waals surface area contributed by atoms with Crippen molar-refractivity contribution in [2.75, 3.05) is 13.2 Å². The molecule has 2 aliphatic rings. The highest BCUT2D eigenvalue weighted by Gasteiger charge is 2.35. The molecule has 2 aromatic carbocycles. The van der Waals surface area contributed by atoms with Crippen molar-refractivity contribution in [1.82, 2.24) is 29.7 Å². The molecule has 0 spiro atoms. The average molecular weight is 613 g/mol. The topological polar surface area (TPSA) is 105 Å². The summed E-state index contributed by atoms with van der Waals surface area (Å²) in [7, 11) is 0. The van der Waals surface area contributed by atoms with Gasteiger partial charge in [0.25, 0.3) is 0 Å². The summed E-state index contributed by atoms with van der Waals surface area (Å²) in [5.41, 5.74) is -0.769. The van der Waals surface area contributed by atoms with Crippen LogP contribution in [0.3, 0.4) is 0 Å². The lowest BCUT2D eigenvalue weighted by Crippen LogP contribution is -2.26. The van der Waals surface area contributed by atoms with Crippen molar-refractivity contribution in [3.05, 3.63) is 83.9 Å². The molecule has 44 heavy (non-hydrogen) atoms. The molecule has 1 aromatic heterocycles. The van der Waals surface area contributed by atoms with E-state index in [9.17, 15) is 26.7 Å². The minimum Gasteiger partial charge on any atom is -0.494 e. The van der Waals surface area contributed by atoms with Gasteiger partial charge in [0.05, 0.1) is 36.7 Å². The van der Waals surface area contributed by atoms with Gasteiger partial charge in [-0.05, 0) is 43.2 Å². The van der Waals surface area contributed by atoms with Gasteiger partial charge in [0.2, 0.25) is 0 Å². The minimum atomic E-state index is -4.71. The number of halogens is 5. The number of hydrogen-bond donors (Lipinski definition) is 0. The highest BCUT2D eigenvalue weighted by Crippen LogP contribution is 2.38. The Morgan fingerprint density at radius 2 is 1.64 bits per heavy atom. The highest BCUT2D eigenvalue weighted by molar-refractivity contribution is 5.78. The van der Waals surface area contributed by atoms with Crippen molar-refractivity contribution in [3.8, 4) is 39.9 Å². The van der Waals surface area contributed by atoms with Crippen molar-refractivity contribution < 1.29 is 36.2 Å². The lowest BCUT2D eigenvalue weighted by atomic mass is 10.1. The molecule has 0 fully saturated rings. The van der Waals surface area contributed by atoms with Crippen LogP contribution in [0.2, 0.25) is 0 Å². The van der Waals surface area contributed by atoms with Crippen molar-refractivity contribution in [2.45, 2.75) is 38.9 Å². The van der Waals surface area contributed by atoms with Crippen molar-refractivity contribution in [1.29, 1.82) is 0 Å². The predicted octanol–water partition coefficient (Wildman–Crippen LogP) is 6.53. The van der Waals surface area contributed by atoms with E-state index in [1.54, 1.807) is 6.92 Å². The van der Waals surface area contributed by atoms with E-state index >= 15 is 0 Å². The Morgan fingerprint density at radius 3 is 2.34 bits per heavy atom. The first-order chi connectivity index (χ1) is 21.1. The molecule has 0 N–H and O–H groups in total. The van der Waals surface area contributed by atoms with Crippen molar-refractivity contribution in [2.24, 2.45) is 0 Å². The van der Waals surface area contributed by atoms with E-state index in [-0.39, 0.29) is 58.7 Å². The van der Waals surface area contributed by atoms with E-state index in [1.165, 1.54) is 53.7 Å². The number of aromatic nitrogens is 6. The summed E-state index contributed by atoms with van der Waals surface area (Å²) in [6, 6.07) is 5.90. The van der Waals surface area contributed by atoms with Crippen molar-refractivity contribution in [3.63, 3.8) is 0 Å². The number of nitrogens with zero attached hydrogens (tertiary/aromatic N) is 6. The Kier molecular flexibility index (Phi) is 8.78. The number of fused-ring (bicyclic) bond motifs is 1. The lowest BCUT2D eigenvalue weighted by Gasteiger charge is -2.19. The number of benzene rings is 2. The standard InChI is InChI=1S/C30H25F5N6O3/c1-3-10-43-18-8-9-19(21(12-18)30(33,34)35)27-36-13-17(14-37-27)26(29(42)44-11-4-2)41-16-24-23(15-38-41)39-28(40-24)20-6-5-7-22(31)25(20)32/h5-9,12-16,26H,3-4,10-11H2,1-2H3. The molecule has 0 aliphatic carbocycles. The number of esters is 1. The van der Waals surface area contributed by atoms with Crippen LogP contribution in [-0.2, 0) is 15.7 Å². The fourth-order valence-corrected chi connectivity index (χ4v) is 4.34. The number of carbonyl (C=O) groups is 1. The van der Waals surface area contributed by atoms with Gasteiger partial charge in [-0.2, -0.15) is 18.3 Å². The first-order valence-electron chi connectivity index (χ1n) is 13.6. The van der Waals surface area contributed by atoms with Gasteiger partial charge in [-0.25, -0.2) is 33.5 Å². The molecule has 0 saturated heterocycles. The van der Waals surface area contributed by atoms with Crippen LogP contribution in [0.25, 0.3) is 34.2 Å². The second-order valence-electron chi connectivity index (χ2n) is 9.64. The molecule has 1 unspecified atom stereocenters. The first kappa shape index (κ1) is 30.4. The van der Waals surface area contributed by atoms with Gasteiger partial charge in [0, 0.05) is 23.5 Å². The van der Waals surface area contributed by atoms with Crippen LogP contribution in [0.4, 0.5) is 22.0 Å². The molecular weight excluding hydrogens is 587 g/mol. The summed E-state index contributed by atoms with van der Waals surface area (Å²) < 4.78 is 81.9. The molecule has 3 heterocycles. The van der Waals surface area contributed by atoms with E-state index in [1.807, 2.05) is 6.92 Å². The maximum Gasteiger partial charge on any atom is 0.417 e. The van der Waals surface area contributed by atoms with Gasteiger partial charge in [0.15, 0.2) is 29.3 Å². The Balaban J connectivity index is 1.52. The third-order valence-electron chi connectivity index (χ3n) is 6.41. The fraction of sp³-hybridized carbons (Fsp3) is 0.267. The number of rotatable bonds is 10. The summed E-state index contributed by atoms with van der Waals surface area (Å²) in [5.74, 6) is -3.14.